The molecule has 1 aromatic heterocycles. The van der Waals surface area contributed by atoms with Gasteiger partial charge in [0, 0.05) is 18.4 Å². The summed E-state index contributed by atoms with van der Waals surface area (Å²) in [4.78, 5) is 16.4. The van der Waals surface area contributed by atoms with Gasteiger partial charge in [0.1, 0.15) is 11.6 Å². The van der Waals surface area contributed by atoms with Crippen LogP contribution in [0.5, 0.6) is 0 Å². The van der Waals surface area contributed by atoms with E-state index in [4.69, 9.17) is 11.6 Å². The second-order valence-corrected chi connectivity index (χ2v) is 4.82. The van der Waals surface area contributed by atoms with Gasteiger partial charge in [-0.2, -0.15) is 0 Å². The lowest BCUT2D eigenvalue weighted by Gasteiger charge is -2.10. The molecule has 21 heavy (non-hydrogen) atoms. The first-order chi connectivity index (χ1) is 10.1. The highest BCUT2D eigenvalue weighted by Crippen LogP contribution is 2.20. The summed E-state index contributed by atoms with van der Waals surface area (Å²) < 4.78 is 13.4. The molecule has 2 aromatic rings. The number of rotatable bonds is 5. The fourth-order valence-corrected chi connectivity index (χ4v) is 1.86. The molecule has 1 heterocycles. The Morgan fingerprint density at radius 3 is 2.90 bits per heavy atom. The minimum absolute atomic E-state index is 0.0136. The maximum Gasteiger partial charge on any atom is 0.259 e. The van der Waals surface area contributed by atoms with Crippen molar-refractivity contribution in [2.24, 2.45) is 0 Å². The van der Waals surface area contributed by atoms with Crippen LogP contribution < -0.4 is 10.6 Å². The molecule has 2 rings (SSSR count). The number of halogens is 2. The summed E-state index contributed by atoms with van der Waals surface area (Å²) in [7, 11) is 0. The Morgan fingerprint density at radius 1 is 1.38 bits per heavy atom. The molecule has 0 fully saturated rings. The van der Waals surface area contributed by atoms with Crippen molar-refractivity contribution in [3.05, 3.63) is 52.9 Å². The predicted octanol–water partition coefficient (Wildman–Crippen LogP) is 3.95. The number of pyridine rings is 1. The lowest BCUT2D eigenvalue weighted by molar-refractivity contribution is 0.102. The summed E-state index contributed by atoms with van der Waals surface area (Å²) in [6, 6.07) is 7.45. The van der Waals surface area contributed by atoms with E-state index in [2.05, 4.69) is 15.6 Å². The van der Waals surface area contributed by atoms with E-state index < -0.39 is 5.82 Å². The summed E-state index contributed by atoms with van der Waals surface area (Å²) >= 11 is 5.61. The first-order valence-corrected chi connectivity index (χ1v) is 6.95. The van der Waals surface area contributed by atoms with Crippen molar-refractivity contribution in [2.75, 3.05) is 17.2 Å². The third-order valence-corrected chi connectivity index (χ3v) is 3.08. The van der Waals surface area contributed by atoms with E-state index in [1.807, 2.05) is 6.92 Å². The molecule has 2 N–H and O–H groups in total. The summed E-state index contributed by atoms with van der Waals surface area (Å²) in [6.07, 6.45) is 2.52. The molecule has 6 heteroatoms. The van der Waals surface area contributed by atoms with Gasteiger partial charge in [0.05, 0.1) is 10.6 Å². The van der Waals surface area contributed by atoms with Crippen LogP contribution in [0.15, 0.2) is 36.5 Å². The SMILES string of the molecule is CCCNc1ncccc1C(=O)Nc1ccc(Cl)c(F)c1. The molecule has 0 saturated heterocycles. The monoisotopic (exact) mass is 307 g/mol. The van der Waals surface area contributed by atoms with Crippen LogP contribution in [0.25, 0.3) is 0 Å². The van der Waals surface area contributed by atoms with Crippen LogP contribution in [-0.2, 0) is 0 Å². The minimum atomic E-state index is -0.579. The van der Waals surface area contributed by atoms with Gasteiger partial charge in [-0.15, -0.1) is 0 Å². The van der Waals surface area contributed by atoms with E-state index in [1.165, 1.54) is 12.1 Å². The normalized spacial score (nSPS) is 10.2. The summed E-state index contributed by atoms with van der Waals surface area (Å²) in [5.74, 6) is -0.431. The fourth-order valence-electron chi connectivity index (χ4n) is 1.75. The number of carbonyl (C=O) groups is 1. The molecule has 0 atom stereocenters. The number of amides is 1. The van der Waals surface area contributed by atoms with Crippen molar-refractivity contribution in [3.8, 4) is 0 Å². The Kier molecular flexibility index (Phi) is 5.11. The number of carbonyl (C=O) groups excluding carboxylic acids is 1. The zero-order valence-electron chi connectivity index (χ0n) is 11.5. The number of anilines is 2. The number of hydrogen-bond acceptors (Lipinski definition) is 3. The highest BCUT2D eigenvalue weighted by Gasteiger charge is 2.12. The number of nitrogens with one attached hydrogen (secondary N) is 2. The molecule has 0 aliphatic carbocycles. The van der Waals surface area contributed by atoms with Crippen LogP contribution in [0, 0.1) is 5.82 Å². The fraction of sp³-hybridized carbons (Fsp3) is 0.200. The molecule has 0 saturated carbocycles. The lowest BCUT2D eigenvalue weighted by atomic mass is 10.2. The highest BCUT2D eigenvalue weighted by molar-refractivity contribution is 6.30. The summed E-state index contributed by atoms with van der Waals surface area (Å²) in [6.45, 7) is 2.74. The van der Waals surface area contributed by atoms with E-state index in [9.17, 15) is 9.18 Å². The molecule has 0 aliphatic heterocycles. The zero-order valence-corrected chi connectivity index (χ0v) is 12.2. The lowest BCUT2D eigenvalue weighted by Crippen LogP contribution is -2.16. The van der Waals surface area contributed by atoms with E-state index in [0.29, 0.717) is 23.6 Å². The van der Waals surface area contributed by atoms with Crippen molar-refractivity contribution in [3.63, 3.8) is 0 Å². The number of nitrogens with zero attached hydrogens (tertiary/aromatic N) is 1. The van der Waals surface area contributed by atoms with Gasteiger partial charge in [0.2, 0.25) is 0 Å². The van der Waals surface area contributed by atoms with Crippen LogP contribution in [0.4, 0.5) is 15.9 Å². The molecule has 0 unspecified atom stereocenters. The minimum Gasteiger partial charge on any atom is -0.369 e. The Labute approximate surface area is 127 Å². The van der Waals surface area contributed by atoms with Crippen LogP contribution >= 0.6 is 11.6 Å². The largest absolute Gasteiger partial charge is 0.369 e. The third-order valence-electron chi connectivity index (χ3n) is 2.77. The maximum atomic E-state index is 13.4. The molecule has 0 spiro atoms. The van der Waals surface area contributed by atoms with Crippen molar-refractivity contribution >= 4 is 29.0 Å². The third kappa shape index (κ3) is 3.92. The van der Waals surface area contributed by atoms with E-state index in [1.54, 1.807) is 24.4 Å². The van der Waals surface area contributed by atoms with Gasteiger partial charge in [-0.1, -0.05) is 18.5 Å². The highest BCUT2D eigenvalue weighted by atomic mass is 35.5. The van der Waals surface area contributed by atoms with Gasteiger partial charge >= 0.3 is 0 Å². The van der Waals surface area contributed by atoms with Crippen molar-refractivity contribution < 1.29 is 9.18 Å². The summed E-state index contributed by atoms with van der Waals surface area (Å²) in [5.41, 5.74) is 0.744. The van der Waals surface area contributed by atoms with Crippen molar-refractivity contribution in [1.29, 1.82) is 0 Å². The van der Waals surface area contributed by atoms with Gasteiger partial charge in [-0.05, 0) is 36.8 Å². The number of benzene rings is 1. The van der Waals surface area contributed by atoms with Crippen LogP contribution in [0.1, 0.15) is 23.7 Å². The molecule has 0 bridgehead atoms. The maximum absolute atomic E-state index is 13.4. The molecule has 110 valence electrons. The first-order valence-electron chi connectivity index (χ1n) is 6.57. The average Bonchev–Trinajstić information content (AvgIpc) is 2.49. The second-order valence-electron chi connectivity index (χ2n) is 4.41. The first kappa shape index (κ1) is 15.3. The summed E-state index contributed by atoms with van der Waals surface area (Å²) in [5, 5.41) is 5.72. The van der Waals surface area contributed by atoms with Crippen LogP contribution in [-0.4, -0.2) is 17.4 Å². The predicted molar refractivity (Wildman–Crippen MR) is 82.4 cm³/mol. The second kappa shape index (κ2) is 7.04. The van der Waals surface area contributed by atoms with Gasteiger partial charge in [0.25, 0.3) is 5.91 Å². The molecule has 0 radical (unpaired) electrons. The topological polar surface area (TPSA) is 54.0 Å². The van der Waals surface area contributed by atoms with E-state index in [0.717, 1.165) is 6.42 Å². The van der Waals surface area contributed by atoms with Crippen LogP contribution in [0.2, 0.25) is 5.02 Å². The number of hydrogen-bond donors (Lipinski definition) is 2. The molecule has 0 aliphatic rings. The molecule has 4 nitrogen and oxygen atoms in total. The molecular formula is C15H15ClFN3O. The standard InChI is InChI=1S/C15H15ClFN3O/c1-2-7-18-14-11(4-3-8-19-14)15(21)20-10-5-6-12(16)13(17)9-10/h3-6,8-9H,2,7H2,1H3,(H,18,19)(H,20,21). The number of aromatic nitrogens is 1. The van der Waals surface area contributed by atoms with Gasteiger partial charge < -0.3 is 10.6 Å². The van der Waals surface area contributed by atoms with Gasteiger partial charge in [-0.3, -0.25) is 4.79 Å². The van der Waals surface area contributed by atoms with Gasteiger partial charge in [0.15, 0.2) is 0 Å². The van der Waals surface area contributed by atoms with Crippen molar-refractivity contribution in [1.82, 2.24) is 4.98 Å². The van der Waals surface area contributed by atoms with Crippen molar-refractivity contribution in [2.45, 2.75) is 13.3 Å². The molecular weight excluding hydrogens is 293 g/mol. The average molecular weight is 308 g/mol. The van der Waals surface area contributed by atoms with E-state index >= 15 is 0 Å². The Morgan fingerprint density at radius 2 is 2.19 bits per heavy atom. The molecule has 1 aromatic carbocycles. The Hall–Kier alpha value is -2.14. The van der Waals surface area contributed by atoms with Crippen LogP contribution in [0.3, 0.4) is 0 Å². The van der Waals surface area contributed by atoms with E-state index in [-0.39, 0.29) is 10.9 Å². The Balaban J connectivity index is 2.18. The zero-order chi connectivity index (χ0) is 15.2. The molecule has 1 amide bonds. The Bertz CT molecular complexity index is 649. The van der Waals surface area contributed by atoms with Gasteiger partial charge in [-0.25, -0.2) is 9.37 Å². The smallest absolute Gasteiger partial charge is 0.259 e. The quantitative estimate of drug-likeness (QED) is 0.879.